The molecule has 2 aliphatic rings. The molecule has 2 fully saturated rings. The van der Waals surface area contributed by atoms with Crippen molar-refractivity contribution in [2.45, 2.75) is 51.1 Å². The molecule has 1 aromatic carbocycles. The number of halogens is 1. The summed E-state index contributed by atoms with van der Waals surface area (Å²) in [5, 5.41) is 4.35. The molecule has 0 radical (unpaired) electrons. The average molecular weight is 309 g/mol. The molecule has 0 bridgehead atoms. The number of nitrogens with zero attached hydrogens (tertiary/aromatic N) is 1. The molecule has 4 heteroatoms. The van der Waals surface area contributed by atoms with Crippen LogP contribution >= 0.6 is 11.6 Å². The van der Waals surface area contributed by atoms with Crippen LogP contribution in [0.15, 0.2) is 18.2 Å². The molecule has 3 nitrogen and oxygen atoms in total. The molecule has 2 atom stereocenters. The third kappa shape index (κ3) is 3.64. The van der Waals surface area contributed by atoms with E-state index in [1.807, 2.05) is 12.1 Å². The molecule has 0 saturated carbocycles. The maximum Gasteiger partial charge on any atom is 0.138 e. The summed E-state index contributed by atoms with van der Waals surface area (Å²) in [4.78, 5) is 2.65. The van der Waals surface area contributed by atoms with E-state index in [4.69, 9.17) is 16.3 Å². The van der Waals surface area contributed by atoms with Crippen molar-refractivity contribution in [3.8, 4) is 5.75 Å². The largest absolute Gasteiger partial charge is 0.492 e. The first-order valence-electron chi connectivity index (χ1n) is 8.19. The molecule has 1 aromatic rings. The minimum absolute atomic E-state index is 0.572. The Hall–Kier alpha value is -0.930. The third-order valence-corrected chi connectivity index (χ3v) is 4.88. The van der Waals surface area contributed by atoms with Gasteiger partial charge in [-0.1, -0.05) is 18.5 Å². The first-order chi connectivity index (χ1) is 10.3. The van der Waals surface area contributed by atoms with Crippen molar-refractivity contribution < 1.29 is 4.74 Å². The maximum atomic E-state index is 6.30. The molecule has 0 aliphatic carbocycles. The summed E-state index contributed by atoms with van der Waals surface area (Å²) in [5.74, 6) is 0.787. The van der Waals surface area contributed by atoms with E-state index in [1.165, 1.54) is 38.8 Å². The first kappa shape index (κ1) is 15.0. The molecule has 2 aliphatic heterocycles. The average Bonchev–Trinajstić information content (AvgIpc) is 2.94. The molecule has 1 N–H and O–H groups in total. The Labute approximate surface area is 132 Å². The van der Waals surface area contributed by atoms with Crippen LogP contribution in [0.3, 0.4) is 0 Å². The molecule has 0 amide bonds. The molecule has 2 heterocycles. The lowest BCUT2D eigenvalue weighted by Crippen LogP contribution is -2.42. The highest BCUT2D eigenvalue weighted by Gasteiger charge is 2.31. The molecule has 3 rings (SSSR count). The van der Waals surface area contributed by atoms with Crippen molar-refractivity contribution in [1.82, 2.24) is 4.90 Å². The lowest BCUT2D eigenvalue weighted by atomic mass is 9.97. The SMILES string of the molecule is CCCOc1ccc(NC2CCN3CCCC3C2)cc1Cl. The van der Waals surface area contributed by atoms with Crippen LogP contribution in [0.2, 0.25) is 5.02 Å². The van der Waals surface area contributed by atoms with Crippen molar-refractivity contribution >= 4 is 17.3 Å². The van der Waals surface area contributed by atoms with Gasteiger partial charge in [0.15, 0.2) is 0 Å². The quantitative estimate of drug-likeness (QED) is 0.883. The normalized spacial score (nSPS) is 25.6. The van der Waals surface area contributed by atoms with E-state index >= 15 is 0 Å². The van der Waals surface area contributed by atoms with Crippen molar-refractivity contribution in [2.24, 2.45) is 0 Å². The van der Waals surface area contributed by atoms with E-state index in [1.54, 1.807) is 0 Å². The Morgan fingerprint density at radius 1 is 1.33 bits per heavy atom. The van der Waals surface area contributed by atoms with Gasteiger partial charge in [-0.15, -0.1) is 0 Å². The summed E-state index contributed by atoms with van der Waals surface area (Å²) in [6.45, 7) is 5.34. The first-order valence-corrected chi connectivity index (χ1v) is 8.57. The van der Waals surface area contributed by atoms with Crippen LogP contribution in [0, 0.1) is 0 Å². The van der Waals surface area contributed by atoms with E-state index in [0.29, 0.717) is 17.7 Å². The minimum Gasteiger partial charge on any atom is -0.492 e. The number of rotatable bonds is 5. The van der Waals surface area contributed by atoms with Crippen LogP contribution in [0.5, 0.6) is 5.75 Å². The van der Waals surface area contributed by atoms with Crippen molar-refractivity contribution in [1.29, 1.82) is 0 Å². The Morgan fingerprint density at radius 3 is 3.05 bits per heavy atom. The van der Waals surface area contributed by atoms with Gasteiger partial charge in [0.2, 0.25) is 0 Å². The van der Waals surface area contributed by atoms with E-state index in [9.17, 15) is 0 Å². The highest BCUT2D eigenvalue weighted by Crippen LogP contribution is 2.31. The number of nitrogens with one attached hydrogen (secondary N) is 1. The lowest BCUT2D eigenvalue weighted by molar-refractivity contribution is 0.188. The van der Waals surface area contributed by atoms with Gasteiger partial charge in [-0.05, 0) is 56.8 Å². The summed E-state index contributed by atoms with van der Waals surface area (Å²) in [7, 11) is 0. The number of anilines is 1. The third-order valence-electron chi connectivity index (χ3n) is 4.58. The van der Waals surface area contributed by atoms with Gasteiger partial charge in [-0.2, -0.15) is 0 Å². The zero-order chi connectivity index (χ0) is 14.7. The zero-order valence-corrected chi connectivity index (χ0v) is 13.5. The number of hydrogen-bond acceptors (Lipinski definition) is 3. The summed E-state index contributed by atoms with van der Waals surface area (Å²) in [5.41, 5.74) is 1.11. The second kappa shape index (κ2) is 6.89. The predicted molar refractivity (Wildman–Crippen MR) is 88.5 cm³/mol. The molecule has 2 unspecified atom stereocenters. The van der Waals surface area contributed by atoms with Crippen molar-refractivity contribution in [3.63, 3.8) is 0 Å². The molecular formula is C17H25ClN2O. The van der Waals surface area contributed by atoms with Gasteiger partial charge in [0.25, 0.3) is 0 Å². The minimum atomic E-state index is 0.572. The topological polar surface area (TPSA) is 24.5 Å². The standard InChI is InChI=1S/C17H25ClN2O/c1-2-10-21-17-6-5-13(12-16(17)18)19-14-7-9-20-8-3-4-15(20)11-14/h5-6,12,14-15,19H,2-4,7-11H2,1H3. The van der Waals surface area contributed by atoms with Crippen molar-refractivity contribution in [3.05, 3.63) is 23.2 Å². The molecule has 0 aromatic heterocycles. The molecular weight excluding hydrogens is 284 g/mol. The fourth-order valence-corrected chi connectivity index (χ4v) is 3.75. The fraction of sp³-hybridized carbons (Fsp3) is 0.647. The second-order valence-corrected chi connectivity index (χ2v) is 6.60. The Bertz CT molecular complexity index is 480. The smallest absolute Gasteiger partial charge is 0.138 e. The monoisotopic (exact) mass is 308 g/mol. The van der Waals surface area contributed by atoms with Gasteiger partial charge in [0, 0.05) is 24.3 Å². The van der Waals surface area contributed by atoms with Crippen LogP contribution in [0.4, 0.5) is 5.69 Å². The van der Waals surface area contributed by atoms with Gasteiger partial charge in [0.05, 0.1) is 11.6 Å². The molecule has 116 valence electrons. The highest BCUT2D eigenvalue weighted by molar-refractivity contribution is 6.32. The predicted octanol–water partition coefficient (Wildman–Crippen LogP) is 4.17. The number of piperidine rings is 1. The Morgan fingerprint density at radius 2 is 2.24 bits per heavy atom. The summed E-state index contributed by atoms with van der Waals surface area (Å²) in [6, 6.07) is 7.41. The maximum absolute atomic E-state index is 6.30. The summed E-state index contributed by atoms with van der Waals surface area (Å²) >= 11 is 6.30. The van der Waals surface area contributed by atoms with E-state index in [0.717, 1.165) is 23.9 Å². The summed E-state index contributed by atoms with van der Waals surface area (Å²) in [6.07, 6.45) is 6.21. The van der Waals surface area contributed by atoms with Crippen LogP contribution in [0.25, 0.3) is 0 Å². The number of ether oxygens (including phenoxy) is 1. The van der Waals surface area contributed by atoms with Crippen LogP contribution in [-0.2, 0) is 0 Å². The second-order valence-electron chi connectivity index (χ2n) is 6.19. The Balaban J connectivity index is 1.58. The highest BCUT2D eigenvalue weighted by atomic mass is 35.5. The Kier molecular flexibility index (Phi) is 4.91. The van der Waals surface area contributed by atoms with E-state index in [2.05, 4.69) is 23.2 Å². The van der Waals surface area contributed by atoms with Crippen LogP contribution < -0.4 is 10.1 Å². The fourth-order valence-electron chi connectivity index (χ4n) is 3.51. The lowest BCUT2D eigenvalue weighted by Gasteiger charge is -2.35. The van der Waals surface area contributed by atoms with E-state index in [-0.39, 0.29) is 0 Å². The number of fused-ring (bicyclic) bond motifs is 1. The van der Waals surface area contributed by atoms with Crippen molar-refractivity contribution in [2.75, 3.05) is 25.0 Å². The van der Waals surface area contributed by atoms with Gasteiger partial charge in [-0.3, -0.25) is 0 Å². The molecule has 2 saturated heterocycles. The summed E-state index contributed by atoms with van der Waals surface area (Å²) < 4.78 is 5.62. The molecule has 0 spiro atoms. The van der Waals surface area contributed by atoms with Crippen LogP contribution in [0.1, 0.15) is 39.0 Å². The number of hydrogen-bond donors (Lipinski definition) is 1. The van der Waals surface area contributed by atoms with Gasteiger partial charge >= 0.3 is 0 Å². The van der Waals surface area contributed by atoms with E-state index < -0.39 is 0 Å². The zero-order valence-electron chi connectivity index (χ0n) is 12.8. The van der Waals surface area contributed by atoms with Gasteiger partial charge in [-0.25, -0.2) is 0 Å². The van der Waals surface area contributed by atoms with Crippen LogP contribution in [-0.4, -0.2) is 36.7 Å². The number of benzene rings is 1. The van der Waals surface area contributed by atoms with Gasteiger partial charge in [0.1, 0.15) is 5.75 Å². The van der Waals surface area contributed by atoms with Gasteiger partial charge < -0.3 is 15.0 Å². The molecule has 21 heavy (non-hydrogen) atoms.